The summed E-state index contributed by atoms with van der Waals surface area (Å²) < 4.78 is 29.0. The molecule has 1 saturated carbocycles. The minimum Gasteiger partial charge on any atom is -0.476 e. The van der Waals surface area contributed by atoms with E-state index in [0.29, 0.717) is 23.6 Å². The van der Waals surface area contributed by atoms with Crippen molar-refractivity contribution in [2.75, 3.05) is 0 Å². The zero-order valence-electron chi connectivity index (χ0n) is 10.3. The first-order chi connectivity index (χ1) is 9.58. The first-order valence-electron chi connectivity index (χ1n) is 6.37. The molecule has 6 heteroatoms. The Balaban J connectivity index is 2.00. The first-order valence-corrected chi connectivity index (χ1v) is 6.37. The summed E-state index contributed by atoms with van der Waals surface area (Å²) in [4.78, 5) is 11.2. The van der Waals surface area contributed by atoms with Gasteiger partial charge in [-0.3, -0.25) is 0 Å². The van der Waals surface area contributed by atoms with E-state index in [4.69, 9.17) is 0 Å². The van der Waals surface area contributed by atoms with Crippen molar-refractivity contribution < 1.29 is 18.7 Å². The fourth-order valence-electron chi connectivity index (χ4n) is 3.15. The Labute approximate surface area is 112 Å². The van der Waals surface area contributed by atoms with Gasteiger partial charge in [0.05, 0.1) is 5.69 Å². The maximum absolute atomic E-state index is 13.9. The molecule has 4 rings (SSSR count). The molecule has 1 N–H and O–H groups in total. The highest BCUT2D eigenvalue weighted by molar-refractivity contribution is 5.88. The van der Waals surface area contributed by atoms with Crippen LogP contribution in [0.1, 0.15) is 34.1 Å². The third-order valence-corrected chi connectivity index (χ3v) is 4.12. The molecule has 0 radical (unpaired) electrons. The van der Waals surface area contributed by atoms with Gasteiger partial charge in [0, 0.05) is 11.5 Å². The van der Waals surface area contributed by atoms with Crippen LogP contribution in [0.25, 0.3) is 5.69 Å². The lowest BCUT2D eigenvalue weighted by Crippen LogP contribution is -2.08. The lowest BCUT2D eigenvalue weighted by Gasteiger charge is -2.08. The summed E-state index contributed by atoms with van der Waals surface area (Å²) in [5.74, 6) is -2.04. The monoisotopic (exact) mass is 276 g/mol. The van der Waals surface area contributed by atoms with E-state index >= 15 is 0 Å². The zero-order chi connectivity index (χ0) is 14.0. The highest BCUT2D eigenvalue weighted by Gasteiger charge is 2.50. The third kappa shape index (κ3) is 1.39. The number of carbonyl (C=O) groups is 1. The van der Waals surface area contributed by atoms with Crippen molar-refractivity contribution in [2.45, 2.75) is 18.8 Å². The van der Waals surface area contributed by atoms with E-state index in [9.17, 15) is 18.7 Å². The smallest absolute Gasteiger partial charge is 0.356 e. The Bertz CT molecular complexity index is 734. The van der Waals surface area contributed by atoms with Crippen LogP contribution >= 0.6 is 0 Å². The van der Waals surface area contributed by atoms with Gasteiger partial charge in [-0.15, -0.1) is 0 Å². The number of benzene rings is 1. The van der Waals surface area contributed by atoms with Gasteiger partial charge in [-0.25, -0.2) is 18.3 Å². The number of aromatic nitrogens is 2. The van der Waals surface area contributed by atoms with Crippen molar-refractivity contribution in [1.29, 1.82) is 0 Å². The predicted molar refractivity (Wildman–Crippen MR) is 65.0 cm³/mol. The molecule has 0 amide bonds. The van der Waals surface area contributed by atoms with Crippen LogP contribution < -0.4 is 0 Å². The summed E-state index contributed by atoms with van der Waals surface area (Å²) >= 11 is 0. The van der Waals surface area contributed by atoms with Crippen molar-refractivity contribution in [1.82, 2.24) is 9.78 Å². The van der Waals surface area contributed by atoms with Crippen molar-refractivity contribution in [3.8, 4) is 5.69 Å². The number of carboxylic acids is 1. The van der Waals surface area contributed by atoms with Crippen LogP contribution in [0.3, 0.4) is 0 Å². The molecule has 102 valence electrons. The van der Waals surface area contributed by atoms with E-state index < -0.39 is 17.6 Å². The molecule has 4 nitrogen and oxygen atoms in total. The molecule has 1 aromatic carbocycles. The lowest BCUT2D eigenvalue weighted by molar-refractivity contribution is 0.0688. The summed E-state index contributed by atoms with van der Waals surface area (Å²) in [7, 11) is 0. The lowest BCUT2D eigenvalue weighted by atomic mass is 10.1. The minimum atomic E-state index is -1.15. The molecule has 0 spiro atoms. The van der Waals surface area contributed by atoms with Crippen LogP contribution in [0.2, 0.25) is 0 Å². The third-order valence-electron chi connectivity index (χ3n) is 4.12. The Morgan fingerprint density at radius 2 is 2.05 bits per heavy atom. The van der Waals surface area contributed by atoms with E-state index in [1.54, 1.807) is 0 Å². The average molecular weight is 276 g/mol. The van der Waals surface area contributed by atoms with Crippen molar-refractivity contribution >= 4 is 5.97 Å². The molecule has 2 aliphatic carbocycles. The predicted octanol–water partition coefficient (Wildman–Crippen LogP) is 2.51. The van der Waals surface area contributed by atoms with E-state index in [0.717, 1.165) is 23.2 Å². The molecule has 0 saturated heterocycles. The van der Waals surface area contributed by atoms with Gasteiger partial charge < -0.3 is 5.11 Å². The van der Waals surface area contributed by atoms with Gasteiger partial charge in [0.1, 0.15) is 5.69 Å². The van der Waals surface area contributed by atoms with Crippen LogP contribution in [0.15, 0.2) is 18.2 Å². The second-order valence-electron chi connectivity index (χ2n) is 5.31. The zero-order valence-corrected chi connectivity index (χ0v) is 10.3. The molecule has 2 aliphatic rings. The number of rotatable bonds is 2. The second kappa shape index (κ2) is 3.65. The maximum Gasteiger partial charge on any atom is 0.356 e. The van der Waals surface area contributed by atoms with E-state index in [1.807, 2.05) is 0 Å². The van der Waals surface area contributed by atoms with E-state index in [-0.39, 0.29) is 17.3 Å². The Hall–Kier alpha value is -2.24. The summed E-state index contributed by atoms with van der Waals surface area (Å²) in [5.41, 5.74) is 0.913. The molecule has 1 fully saturated rings. The van der Waals surface area contributed by atoms with Gasteiger partial charge in [0.25, 0.3) is 0 Å². The standard InChI is InChI=1S/C14H10F2N2O2/c15-9-2-1-3-10(16)13(9)18-12-7-4-6(7)5-8(12)11(17-18)14(19)20/h1-3,6-7H,4-5H2,(H,19,20)/t6-,7-/m1/s1. The Morgan fingerprint density at radius 1 is 1.35 bits per heavy atom. The summed E-state index contributed by atoms with van der Waals surface area (Å²) in [5, 5.41) is 13.1. The van der Waals surface area contributed by atoms with Gasteiger partial charge >= 0.3 is 5.97 Å². The highest BCUT2D eigenvalue weighted by Crippen LogP contribution is 2.57. The number of aromatic carboxylic acids is 1. The molecule has 0 unspecified atom stereocenters. The fourth-order valence-corrected chi connectivity index (χ4v) is 3.15. The summed E-state index contributed by atoms with van der Waals surface area (Å²) in [6.07, 6.45) is 1.57. The number of nitrogens with zero attached hydrogens (tertiary/aromatic N) is 2. The molecule has 2 aromatic rings. The number of carboxylic acid groups (broad SMARTS) is 1. The normalized spacial score (nSPS) is 22.5. The topological polar surface area (TPSA) is 55.1 Å². The van der Waals surface area contributed by atoms with Gasteiger partial charge in [0.15, 0.2) is 17.3 Å². The maximum atomic E-state index is 13.9. The SMILES string of the molecule is O=C(O)c1nn(-c2c(F)cccc2F)c2c1C[C@H]1C[C@@H]21. The number of hydrogen-bond donors (Lipinski definition) is 1. The summed E-state index contributed by atoms with van der Waals surface area (Å²) in [6, 6.07) is 3.56. The fraction of sp³-hybridized carbons (Fsp3) is 0.286. The van der Waals surface area contributed by atoms with Crippen LogP contribution in [-0.2, 0) is 6.42 Å². The number of hydrogen-bond acceptors (Lipinski definition) is 2. The van der Waals surface area contributed by atoms with E-state index in [2.05, 4.69) is 5.10 Å². The molecule has 20 heavy (non-hydrogen) atoms. The van der Waals surface area contributed by atoms with Gasteiger partial charge in [-0.05, 0) is 30.9 Å². The van der Waals surface area contributed by atoms with Crippen LogP contribution in [0, 0.1) is 17.6 Å². The number of para-hydroxylation sites is 1. The Morgan fingerprint density at radius 3 is 2.70 bits per heavy atom. The van der Waals surface area contributed by atoms with Crippen molar-refractivity contribution in [2.24, 2.45) is 5.92 Å². The largest absolute Gasteiger partial charge is 0.476 e. The second-order valence-corrected chi connectivity index (χ2v) is 5.31. The molecule has 2 atom stereocenters. The quantitative estimate of drug-likeness (QED) is 0.917. The average Bonchev–Trinajstić information content (AvgIpc) is 2.89. The molecule has 0 bridgehead atoms. The van der Waals surface area contributed by atoms with Crippen LogP contribution in [0.5, 0.6) is 0 Å². The van der Waals surface area contributed by atoms with Gasteiger partial charge in [-0.1, -0.05) is 6.07 Å². The van der Waals surface area contributed by atoms with Gasteiger partial charge in [-0.2, -0.15) is 5.10 Å². The number of fused-ring (bicyclic) bond motifs is 3. The van der Waals surface area contributed by atoms with Crippen molar-refractivity contribution in [3.05, 3.63) is 46.8 Å². The van der Waals surface area contributed by atoms with Gasteiger partial charge in [0.2, 0.25) is 0 Å². The van der Waals surface area contributed by atoms with Crippen molar-refractivity contribution in [3.63, 3.8) is 0 Å². The molecule has 1 aromatic heterocycles. The minimum absolute atomic E-state index is 0.0881. The molecule has 1 heterocycles. The van der Waals surface area contributed by atoms with Crippen LogP contribution in [0.4, 0.5) is 8.78 Å². The van der Waals surface area contributed by atoms with Crippen LogP contribution in [-0.4, -0.2) is 20.9 Å². The number of halogens is 2. The molecule has 0 aliphatic heterocycles. The highest BCUT2D eigenvalue weighted by atomic mass is 19.1. The van der Waals surface area contributed by atoms with E-state index in [1.165, 1.54) is 6.07 Å². The molecular weight excluding hydrogens is 266 g/mol. The summed E-state index contributed by atoms with van der Waals surface area (Å²) in [6.45, 7) is 0. The Kier molecular flexibility index (Phi) is 2.11. The molecular formula is C14H10F2N2O2. The first kappa shape index (κ1) is 11.6.